The van der Waals surface area contributed by atoms with Gasteiger partial charge in [-0.15, -0.1) is 0 Å². The molecule has 1 rings (SSSR count). The van der Waals surface area contributed by atoms with Crippen molar-refractivity contribution in [3.8, 4) is 0 Å². The van der Waals surface area contributed by atoms with Crippen LogP contribution in [0.15, 0.2) is 30.3 Å². The highest BCUT2D eigenvalue weighted by Gasteiger charge is 2.20. The second-order valence-electron chi connectivity index (χ2n) is 5.37. The molecule has 1 aromatic carbocycles. The summed E-state index contributed by atoms with van der Waals surface area (Å²) in [5.41, 5.74) is 6.70. The summed E-state index contributed by atoms with van der Waals surface area (Å²) >= 11 is 0. The van der Waals surface area contributed by atoms with Crippen LogP contribution in [0, 0.1) is 5.41 Å². The van der Waals surface area contributed by atoms with Crippen LogP contribution in [0.4, 0.5) is 4.79 Å². The highest BCUT2D eigenvalue weighted by Crippen LogP contribution is 2.13. The van der Waals surface area contributed by atoms with Crippen LogP contribution in [0.25, 0.3) is 0 Å². The maximum Gasteiger partial charge on any atom is 0.317 e. The summed E-state index contributed by atoms with van der Waals surface area (Å²) in [6.45, 7) is 5.85. The summed E-state index contributed by atoms with van der Waals surface area (Å²) in [5.74, 6) is 0. The fraction of sp³-hybridized carbons (Fsp3) is 0.500. The first-order chi connectivity index (χ1) is 8.44. The minimum Gasteiger partial charge on any atom is -0.334 e. The predicted molar refractivity (Wildman–Crippen MR) is 74.1 cm³/mol. The van der Waals surface area contributed by atoms with E-state index in [-0.39, 0.29) is 11.4 Å². The van der Waals surface area contributed by atoms with Gasteiger partial charge in [0.2, 0.25) is 0 Å². The molecule has 0 heterocycles. The Balaban J connectivity index is 2.41. The van der Waals surface area contributed by atoms with Crippen molar-refractivity contribution in [2.75, 3.05) is 20.1 Å². The van der Waals surface area contributed by atoms with E-state index < -0.39 is 0 Å². The largest absolute Gasteiger partial charge is 0.334 e. The Morgan fingerprint density at radius 3 is 2.50 bits per heavy atom. The standard InChI is InChI=1S/C14H23N3O/c1-14(2,10-15)11-17(3)13(18)16-9-12-7-5-4-6-8-12/h4-8H,9-11,15H2,1-3H3,(H,16,18). The van der Waals surface area contributed by atoms with Crippen molar-refractivity contribution in [2.45, 2.75) is 20.4 Å². The van der Waals surface area contributed by atoms with E-state index in [2.05, 4.69) is 5.32 Å². The Kier molecular flexibility index (Phi) is 5.16. The predicted octanol–water partition coefficient (Wildman–Crippen LogP) is 1.81. The molecule has 0 atom stereocenters. The van der Waals surface area contributed by atoms with Crippen LogP contribution in [-0.2, 0) is 6.54 Å². The molecule has 0 saturated carbocycles. The third-order valence-electron chi connectivity index (χ3n) is 2.85. The van der Waals surface area contributed by atoms with Crippen molar-refractivity contribution < 1.29 is 4.79 Å². The molecular weight excluding hydrogens is 226 g/mol. The summed E-state index contributed by atoms with van der Waals surface area (Å²) < 4.78 is 0. The first-order valence-electron chi connectivity index (χ1n) is 6.17. The number of benzene rings is 1. The monoisotopic (exact) mass is 249 g/mol. The van der Waals surface area contributed by atoms with E-state index in [9.17, 15) is 4.79 Å². The van der Waals surface area contributed by atoms with Crippen molar-refractivity contribution in [1.82, 2.24) is 10.2 Å². The van der Waals surface area contributed by atoms with E-state index in [1.54, 1.807) is 11.9 Å². The topological polar surface area (TPSA) is 58.4 Å². The molecule has 0 bridgehead atoms. The van der Waals surface area contributed by atoms with E-state index in [1.807, 2.05) is 44.2 Å². The molecule has 2 amide bonds. The van der Waals surface area contributed by atoms with Crippen molar-refractivity contribution in [3.63, 3.8) is 0 Å². The number of amides is 2. The Labute approximate surface area is 109 Å². The molecule has 4 heteroatoms. The quantitative estimate of drug-likeness (QED) is 0.836. The molecule has 0 spiro atoms. The highest BCUT2D eigenvalue weighted by molar-refractivity contribution is 5.73. The number of nitrogens with zero attached hydrogens (tertiary/aromatic N) is 1. The van der Waals surface area contributed by atoms with Crippen LogP contribution in [0.3, 0.4) is 0 Å². The van der Waals surface area contributed by atoms with Gasteiger partial charge in [0, 0.05) is 20.1 Å². The number of carbonyl (C=O) groups excluding carboxylic acids is 1. The van der Waals surface area contributed by atoms with E-state index in [0.29, 0.717) is 19.6 Å². The molecule has 0 aliphatic rings. The second kappa shape index (κ2) is 6.40. The maximum absolute atomic E-state index is 11.9. The van der Waals surface area contributed by atoms with Crippen molar-refractivity contribution >= 4 is 6.03 Å². The average Bonchev–Trinajstić information content (AvgIpc) is 2.36. The first kappa shape index (κ1) is 14.5. The van der Waals surface area contributed by atoms with Gasteiger partial charge < -0.3 is 16.0 Å². The van der Waals surface area contributed by atoms with Crippen LogP contribution in [0.2, 0.25) is 0 Å². The van der Waals surface area contributed by atoms with Crippen LogP contribution in [0.1, 0.15) is 19.4 Å². The maximum atomic E-state index is 11.9. The zero-order valence-electron chi connectivity index (χ0n) is 11.4. The SMILES string of the molecule is CN(CC(C)(C)CN)C(=O)NCc1ccccc1. The Morgan fingerprint density at radius 1 is 1.33 bits per heavy atom. The average molecular weight is 249 g/mol. The molecule has 18 heavy (non-hydrogen) atoms. The zero-order valence-corrected chi connectivity index (χ0v) is 11.4. The smallest absolute Gasteiger partial charge is 0.317 e. The molecule has 0 radical (unpaired) electrons. The van der Waals surface area contributed by atoms with Gasteiger partial charge in [-0.1, -0.05) is 44.2 Å². The number of rotatable bonds is 5. The number of hydrogen-bond acceptors (Lipinski definition) is 2. The van der Waals surface area contributed by atoms with Gasteiger partial charge in [-0.25, -0.2) is 4.79 Å². The molecule has 0 aliphatic carbocycles. The summed E-state index contributed by atoms with van der Waals surface area (Å²) in [7, 11) is 1.79. The molecule has 0 aliphatic heterocycles. The molecule has 0 unspecified atom stereocenters. The highest BCUT2D eigenvalue weighted by atomic mass is 16.2. The number of urea groups is 1. The van der Waals surface area contributed by atoms with E-state index in [4.69, 9.17) is 5.73 Å². The molecular formula is C14H23N3O. The molecule has 0 aromatic heterocycles. The first-order valence-corrected chi connectivity index (χ1v) is 6.17. The molecule has 4 nitrogen and oxygen atoms in total. The van der Waals surface area contributed by atoms with Gasteiger partial charge in [0.05, 0.1) is 0 Å². The summed E-state index contributed by atoms with van der Waals surface area (Å²) in [4.78, 5) is 13.6. The summed E-state index contributed by atoms with van der Waals surface area (Å²) in [6.07, 6.45) is 0. The Morgan fingerprint density at radius 2 is 1.94 bits per heavy atom. The van der Waals surface area contributed by atoms with E-state index in [0.717, 1.165) is 5.56 Å². The minimum absolute atomic E-state index is 0.0567. The molecule has 0 fully saturated rings. The lowest BCUT2D eigenvalue weighted by Gasteiger charge is -2.29. The number of nitrogens with one attached hydrogen (secondary N) is 1. The number of carbonyl (C=O) groups is 1. The van der Waals surface area contributed by atoms with Gasteiger partial charge >= 0.3 is 6.03 Å². The third-order valence-corrected chi connectivity index (χ3v) is 2.85. The third kappa shape index (κ3) is 4.75. The minimum atomic E-state index is -0.0691. The normalized spacial score (nSPS) is 11.1. The fourth-order valence-corrected chi connectivity index (χ4v) is 1.69. The summed E-state index contributed by atoms with van der Waals surface area (Å²) in [5, 5.41) is 2.89. The Hall–Kier alpha value is -1.55. The Bertz CT molecular complexity index is 376. The zero-order chi connectivity index (χ0) is 13.6. The van der Waals surface area contributed by atoms with Crippen LogP contribution >= 0.6 is 0 Å². The van der Waals surface area contributed by atoms with Gasteiger partial charge in [-0.05, 0) is 17.5 Å². The van der Waals surface area contributed by atoms with Gasteiger partial charge in [-0.3, -0.25) is 0 Å². The molecule has 0 saturated heterocycles. The van der Waals surface area contributed by atoms with Gasteiger partial charge in [0.25, 0.3) is 0 Å². The van der Waals surface area contributed by atoms with Gasteiger partial charge in [0.15, 0.2) is 0 Å². The molecule has 3 N–H and O–H groups in total. The molecule has 1 aromatic rings. The van der Waals surface area contributed by atoms with Gasteiger partial charge in [-0.2, -0.15) is 0 Å². The van der Waals surface area contributed by atoms with Crippen molar-refractivity contribution in [2.24, 2.45) is 11.1 Å². The van der Waals surface area contributed by atoms with Crippen LogP contribution < -0.4 is 11.1 Å². The molecule has 100 valence electrons. The lowest BCUT2D eigenvalue weighted by Crippen LogP contribution is -2.44. The van der Waals surface area contributed by atoms with Crippen molar-refractivity contribution in [1.29, 1.82) is 0 Å². The fourth-order valence-electron chi connectivity index (χ4n) is 1.69. The lowest BCUT2D eigenvalue weighted by atomic mass is 9.93. The van der Waals surface area contributed by atoms with Crippen molar-refractivity contribution in [3.05, 3.63) is 35.9 Å². The van der Waals surface area contributed by atoms with Crippen LogP contribution in [0.5, 0.6) is 0 Å². The summed E-state index contributed by atoms with van der Waals surface area (Å²) in [6, 6.07) is 9.79. The number of hydrogen-bond donors (Lipinski definition) is 2. The lowest BCUT2D eigenvalue weighted by molar-refractivity contribution is 0.184. The second-order valence-corrected chi connectivity index (χ2v) is 5.37. The van der Waals surface area contributed by atoms with E-state index in [1.165, 1.54) is 0 Å². The number of nitrogens with two attached hydrogens (primary N) is 1. The van der Waals surface area contributed by atoms with E-state index >= 15 is 0 Å². The van der Waals surface area contributed by atoms with Gasteiger partial charge in [0.1, 0.15) is 0 Å². The van der Waals surface area contributed by atoms with Crippen LogP contribution in [-0.4, -0.2) is 31.1 Å².